The number of carboxylic acids is 1. The summed E-state index contributed by atoms with van der Waals surface area (Å²) in [5, 5.41) is 9.14. The molecule has 0 heterocycles. The lowest BCUT2D eigenvalue weighted by atomic mass is 9.97. The zero-order valence-electron chi connectivity index (χ0n) is 9.88. The van der Waals surface area contributed by atoms with Gasteiger partial charge in [-0.3, -0.25) is 4.79 Å². The van der Waals surface area contributed by atoms with E-state index in [-0.39, 0.29) is 11.3 Å². The Balaban J connectivity index is 2.58. The molecule has 0 unspecified atom stereocenters. The normalized spacial score (nSPS) is 10.1. The standard InChI is InChI=1S/C15H12O3/c1-10(16)11-5-4-6-12(9-11)13-7-2-3-8-14(13)15(17)18/h2-9H,1H3,(H,17,18). The Hall–Kier alpha value is -2.42. The topological polar surface area (TPSA) is 54.4 Å². The first-order valence-electron chi connectivity index (χ1n) is 5.53. The van der Waals surface area contributed by atoms with Crippen LogP contribution in [0.5, 0.6) is 0 Å². The van der Waals surface area contributed by atoms with E-state index in [2.05, 4.69) is 0 Å². The fraction of sp³-hybridized carbons (Fsp3) is 0.0667. The van der Waals surface area contributed by atoms with E-state index in [4.69, 9.17) is 5.11 Å². The Labute approximate surface area is 105 Å². The summed E-state index contributed by atoms with van der Waals surface area (Å²) >= 11 is 0. The minimum atomic E-state index is -0.973. The Morgan fingerprint density at radius 2 is 1.72 bits per heavy atom. The van der Waals surface area contributed by atoms with Crippen molar-refractivity contribution in [1.82, 2.24) is 0 Å². The lowest BCUT2D eigenvalue weighted by Crippen LogP contribution is -1.99. The van der Waals surface area contributed by atoms with E-state index >= 15 is 0 Å². The van der Waals surface area contributed by atoms with Crippen molar-refractivity contribution in [3.05, 3.63) is 59.7 Å². The number of ketones is 1. The number of carboxylic acid groups (broad SMARTS) is 1. The average Bonchev–Trinajstić information content (AvgIpc) is 2.39. The van der Waals surface area contributed by atoms with E-state index in [0.29, 0.717) is 11.1 Å². The van der Waals surface area contributed by atoms with Crippen molar-refractivity contribution in [3.8, 4) is 11.1 Å². The molecular weight excluding hydrogens is 228 g/mol. The molecule has 0 saturated heterocycles. The number of carbonyl (C=O) groups is 2. The summed E-state index contributed by atoms with van der Waals surface area (Å²) in [6.07, 6.45) is 0. The van der Waals surface area contributed by atoms with Gasteiger partial charge in [0.25, 0.3) is 0 Å². The minimum Gasteiger partial charge on any atom is -0.478 e. The van der Waals surface area contributed by atoms with E-state index < -0.39 is 5.97 Å². The molecular formula is C15H12O3. The minimum absolute atomic E-state index is 0.0374. The maximum absolute atomic E-state index is 11.3. The van der Waals surface area contributed by atoms with Crippen molar-refractivity contribution in [2.45, 2.75) is 6.92 Å². The average molecular weight is 240 g/mol. The molecule has 2 aromatic rings. The molecule has 0 fully saturated rings. The predicted octanol–water partition coefficient (Wildman–Crippen LogP) is 3.25. The molecule has 0 spiro atoms. The third-order valence-electron chi connectivity index (χ3n) is 2.74. The second-order valence-electron chi connectivity index (χ2n) is 3.99. The number of hydrogen-bond acceptors (Lipinski definition) is 2. The molecule has 90 valence electrons. The largest absolute Gasteiger partial charge is 0.478 e. The van der Waals surface area contributed by atoms with Crippen LogP contribution >= 0.6 is 0 Å². The predicted molar refractivity (Wildman–Crippen MR) is 68.8 cm³/mol. The molecule has 0 bridgehead atoms. The van der Waals surface area contributed by atoms with Crippen molar-refractivity contribution in [1.29, 1.82) is 0 Å². The van der Waals surface area contributed by atoms with Crippen molar-refractivity contribution in [2.75, 3.05) is 0 Å². The van der Waals surface area contributed by atoms with Crippen LogP contribution < -0.4 is 0 Å². The van der Waals surface area contributed by atoms with Gasteiger partial charge in [-0.2, -0.15) is 0 Å². The van der Waals surface area contributed by atoms with Crippen LogP contribution in [0.3, 0.4) is 0 Å². The first-order chi connectivity index (χ1) is 8.59. The molecule has 0 saturated carbocycles. The van der Waals surface area contributed by atoms with Crippen LogP contribution in [0.2, 0.25) is 0 Å². The maximum Gasteiger partial charge on any atom is 0.336 e. The Morgan fingerprint density at radius 3 is 2.39 bits per heavy atom. The van der Waals surface area contributed by atoms with Crippen LogP contribution in [0.4, 0.5) is 0 Å². The van der Waals surface area contributed by atoms with E-state index in [1.165, 1.54) is 6.92 Å². The number of Topliss-reactive ketones (excluding diaryl/α,β-unsaturated/α-hetero) is 1. The molecule has 1 N–H and O–H groups in total. The van der Waals surface area contributed by atoms with E-state index in [1.54, 1.807) is 48.5 Å². The zero-order chi connectivity index (χ0) is 13.1. The van der Waals surface area contributed by atoms with Gasteiger partial charge >= 0.3 is 5.97 Å². The van der Waals surface area contributed by atoms with Gasteiger partial charge < -0.3 is 5.11 Å². The van der Waals surface area contributed by atoms with Gasteiger partial charge in [-0.05, 0) is 30.2 Å². The van der Waals surface area contributed by atoms with Gasteiger partial charge in [-0.1, -0.05) is 36.4 Å². The Kier molecular flexibility index (Phi) is 3.24. The van der Waals surface area contributed by atoms with Gasteiger partial charge in [0.2, 0.25) is 0 Å². The van der Waals surface area contributed by atoms with E-state index in [1.807, 2.05) is 0 Å². The quantitative estimate of drug-likeness (QED) is 0.838. The van der Waals surface area contributed by atoms with Crippen LogP contribution in [0.25, 0.3) is 11.1 Å². The molecule has 0 aliphatic carbocycles. The van der Waals surface area contributed by atoms with Gasteiger partial charge in [0.05, 0.1) is 5.56 Å². The van der Waals surface area contributed by atoms with E-state index in [0.717, 1.165) is 5.56 Å². The molecule has 0 aliphatic rings. The zero-order valence-corrected chi connectivity index (χ0v) is 9.88. The summed E-state index contributed by atoms with van der Waals surface area (Å²) < 4.78 is 0. The number of rotatable bonds is 3. The number of hydrogen-bond donors (Lipinski definition) is 1. The number of benzene rings is 2. The molecule has 0 atom stereocenters. The Morgan fingerprint density at radius 1 is 1.00 bits per heavy atom. The molecule has 2 rings (SSSR count). The molecule has 3 heteroatoms. The molecule has 0 aliphatic heterocycles. The molecule has 2 aromatic carbocycles. The van der Waals surface area contributed by atoms with Crippen LogP contribution in [-0.2, 0) is 0 Å². The number of aromatic carboxylic acids is 1. The summed E-state index contributed by atoms with van der Waals surface area (Å²) in [7, 11) is 0. The summed E-state index contributed by atoms with van der Waals surface area (Å²) in [5.74, 6) is -1.01. The lowest BCUT2D eigenvalue weighted by Gasteiger charge is -2.07. The lowest BCUT2D eigenvalue weighted by molar-refractivity contribution is 0.0697. The van der Waals surface area contributed by atoms with E-state index in [9.17, 15) is 9.59 Å². The fourth-order valence-corrected chi connectivity index (χ4v) is 1.83. The van der Waals surface area contributed by atoms with Gasteiger partial charge in [0.1, 0.15) is 0 Å². The maximum atomic E-state index is 11.3. The molecule has 0 amide bonds. The molecule has 18 heavy (non-hydrogen) atoms. The molecule has 0 radical (unpaired) electrons. The summed E-state index contributed by atoms with van der Waals surface area (Å²) in [6, 6.07) is 13.7. The second-order valence-corrected chi connectivity index (χ2v) is 3.99. The van der Waals surface area contributed by atoms with Crippen molar-refractivity contribution >= 4 is 11.8 Å². The van der Waals surface area contributed by atoms with Crippen molar-refractivity contribution in [2.24, 2.45) is 0 Å². The highest BCUT2D eigenvalue weighted by atomic mass is 16.4. The van der Waals surface area contributed by atoms with Gasteiger partial charge in [0.15, 0.2) is 5.78 Å². The summed E-state index contributed by atoms with van der Waals surface area (Å²) in [4.78, 5) is 22.5. The van der Waals surface area contributed by atoms with Gasteiger partial charge in [-0.15, -0.1) is 0 Å². The first kappa shape index (κ1) is 12.0. The molecule has 0 aromatic heterocycles. The van der Waals surface area contributed by atoms with Crippen molar-refractivity contribution in [3.63, 3.8) is 0 Å². The van der Waals surface area contributed by atoms with Crippen molar-refractivity contribution < 1.29 is 14.7 Å². The van der Waals surface area contributed by atoms with Crippen LogP contribution in [-0.4, -0.2) is 16.9 Å². The molecule has 3 nitrogen and oxygen atoms in total. The highest BCUT2D eigenvalue weighted by molar-refractivity contribution is 5.98. The Bertz CT molecular complexity index is 615. The van der Waals surface area contributed by atoms with Crippen LogP contribution in [0, 0.1) is 0 Å². The second kappa shape index (κ2) is 4.84. The van der Waals surface area contributed by atoms with Crippen LogP contribution in [0.1, 0.15) is 27.6 Å². The van der Waals surface area contributed by atoms with Gasteiger partial charge in [0, 0.05) is 5.56 Å². The highest BCUT2D eigenvalue weighted by Gasteiger charge is 2.11. The van der Waals surface area contributed by atoms with Crippen LogP contribution in [0.15, 0.2) is 48.5 Å². The van der Waals surface area contributed by atoms with Gasteiger partial charge in [-0.25, -0.2) is 4.79 Å². The first-order valence-corrected chi connectivity index (χ1v) is 5.53. The number of carbonyl (C=O) groups excluding carboxylic acids is 1. The SMILES string of the molecule is CC(=O)c1cccc(-c2ccccc2C(=O)O)c1. The third-order valence-corrected chi connectivity index (χ3v) is 2.74. The summed E-state index contributed by atoms with van der Waals surface area (Å²) in [6.45, 7) is 1.49. The smallest absolute Gasteiger partial charge is 0.336 e. The highest BCUT2D eigenvalue weighted by Crippen LogP contribution is 2.24. The fourth-order valence-electron chi connectivity index (χ4n) is 1.83. The third kappa shape index (κ3) is 2.30. The summed E-state index contributed by atoms with van der Waals surface area (Å²) in [5.41, 5.74) is 2.17. The monoisotopic (exact) mass is 240 g/mol.